The molecular formula is C12H17NO. The Morgan fingerprint density at radius 2 is 1.79 bits per heavy atom. The van der Waals surface area contributed by atoms with Crippen LogP contribution in [0.15, 0.2) is 30.3 Å². The SMILES string of the molecule is ONCC1(c2ccccc2)CCCC1. The van der Waals surface area contributed by atoms with Gasteiger partial charge in [0.05, 0.1) is 0 Å². The third-order valence-corrected chi connectivity index (χ3v) is 3.36. The molecule has 14 heavy (non-hydrogen) atoms. The van der Waals surface area contributed by atoms with Gasteiger partial charge in [0, 0.05) is 12.0 Å². The lowest BCUT2D eigenvalue weighted by Crippen LogP contribution is -2.34. The number of nitrogens with one attached hydrogen (secondary N) is 1. The highest BCUT2D eigenvalue weighted by molar-refractivity contribution is 5.27. The van der Waals surface area contributed by atoms with Crippen molar-refractivity contribution in [2.75, 3.05) is 6.54 Å². The molecule has 0 unspecified atom stereocenters. The van der Waals surface area contributed by atoms with Crippen molar-refractivity contribution < 1.29 is 5.21 Å². The molecule has 1 aromatic rings. The molecule has 0 heterocycles. The monoisotopic (exact) mass is 191 g/mol. The minimum atomic E-state index is 0.177. The quantitative estimate of drug-likeness (QED) is 0.719. The summed E-state index contributed by atoms with van der Waals surface area (Å²) in [5.41, 5.74) is 3.89. The van der Waals surface area contributed by atoms with Gasteiger partial charge in [0.2, 0.25) is 0 Å². The average Bonchev–Trinajstić information content (AvgIpc) is 2.70. The predicted molar refractivity (Wildman–Crippen MR) is 56.4 cm³/mol. The van der Waals surface area contributed by atoms with Crippen molar-refractivity contribution >= 4 is 0 Å². The van der Waals surface area contributed by atoms with E-state index in [-0.39, 0.29) is 5.41 Å². The summed E-state index contributed by atoms with van der Waals surface area (Å²) in [7, 11) is 0. The van der Waals surface area contributed by atoms with Crippen molar-refractivity contribution in [1.82, 2.24) is 5.48 Å². The van der Waals surface area contributed by atoms with E-state index in [1.165, 1.54) is 31.2 Å². The van der Waals surface area contributed by atoms with Crippen molar-refractivity contribution in [2.45, 2.75) is 31.1 Å². The van der Waals surface area contributed by atoms with Gasteiger partial charge in [-0.05, 0) is 18.4 Å². The number of hydrogen-bond acceptors (Lipinski definition) is 2. The van der Waals surface area contributed by atoms with E-state index in [9.17, 15) is 0 Å². The molecule has 0 atom stereocenters. The summed E-state index contributed by atoms with van der Waals surface area (Å²) >= 11 is 0. The number of hydrogen-bond donors (Lipinski definition) is 2. The number of rotatable bonds is 3. The molecule has 0 amide bonds. The Morgan fingerprint density at radius 1 is 1.14 bits per heavy atom. The highest BCUT2D eigenvalue weighted by atomic mass is 16.5. The maximum atomic E-state index is 8.90. The molecule has 2 rings (SSSR count). The summed E-state index contributed by atoms with van der Waals surface area (Å²) in [6.07, 6.45) is 4.92. The molecule has 0 radical (unpaired) electrons. The molecule has 2 N–H and O–H groups in total. The minimum Gasteiger partial charge on any atom is -0.317 e. The van der Waals surface area contributed by atoms with Gasteiger partial charge in [0.25, 0.3) is 0 Å². The Balaban J connectivity index is 2.27. The van der Waals surface area contributed by atoms with E-state index in [4.69, 9.17) is 5.21 Å². The first-order chi connectivity index (χ1) is 6.87. The van der Waals surface area contributed by atoms with E-state index in [0.29, 0.717) is 6.54 Å². The molecule has 0 aromatic heterocycles. The average molecular weight is 191 g/mol. The third-order valence-electron chi connectivity index (χ3n) is 3.36. The van der Waals surface area contributed by atoms with Gasteiger partial charge < -0.3 is 5.21 Å². The van der Waals surface area contributed by atoms with E-state index in [2.05, 4.69) is 29.7 Å². The van der Waals surface area contributed by atoms with Crippen molar-refractivity contribution in [2.24, 2.45) is 0 Å². The molecule has 76 valence electrons. The van der Waals surface area contributed by atoms with Crippen molar-refractivity contribution in [3.8, 4) is 0 Å². The second-order valence-corrected chi connectivity index (χ2v) is 4.19. The van der Waals surface area contributed by atoms with E-state index < -0.39 is 0 Å². The van der Waals surface area contributed by atoms with E-state index in [1.54, 1.807) is 0 Å². The molecule has 0 spiro atoms. The number of hydroxylamine groups is 1. The molecule has 0 saturated heterocycles. The molecule has 1 aliphatic carbocycles. The smallest absolute Gasteiger partial charge is 0.0304 e. The predicted octanol–water partition coefficient (Wildman–Crippen LogP) is 2.48. The van der Waals surface area contributed by atoms with E-state index in [0.717, 1.165) is 0 Å². The summed E-state index contributed by atoms with van der Waals surface area (Å²) in [4.78, 5) is 0. The number of benzene rings is 1. The summed E-state index contributed by atoms with van der Waals surface area (Å²) in [6, 6.07) is 10.5. The van der Waals surface area contributed by atoms with Crippen LogP contribution in [0.4, 0.5) is 0 Å². The molecule has 1 aliphatic rings. The summed E-state index contributed by atoms with van der Waals surface area (Å²) in [6.45, 7) is 0.678. The van der Waals surface area contributed by atoms with Crippen LogP contribution >= 0.6 is 0 Å². The van der Waals surface area contributed by atoms with Gasteiger partial charge in [-0.25, -0.2) is 5.48 Å². The van der Waals surface area contributed by atoms with Gasteiger partial charge in [0.1, 0.15) is 0 Å². The molecule has 2 heteroatoms. The largest absolute Gasteiger partial charge is 0.317 e. The topological polar surface area (TPSA) is 32.3 Å². The Morgan fingerprint density at radius 3 is 2.36 bits per heavy atom. The first kappa shape index (κ1) is 9.69. The van der Waals surface area contributed by atoms with Gasteiger partial charge in [-0.3, -0.25) is 0 Å². The lowest BCUT2D eigenvalue weighted by Gasteiger charge is -2.28. The minimum absolute atomic E-state index is 0.177. The van der Waals surface area contributed by atoms with Gasteiger partial charge in [-0.15, -0.1) is 0 Å². The van der Waals surface area contributed by atoms with Crippen molar-refractivity contribution in [3.05, 3.63) is 35.9 Å². The first-order valence-electron chi connectivity index (χ1n) is 5.30. The van der Waals surface area contributed by atoms with Crippen LogP contribution < -0.4 is 5.48 Å². The summed E-state index contributed by atoms with van der Waals surface area (Å²) < 4.78 is 0. The third kappa shape index (κ3) is 1.68. The van der Waals surface area contributed by atoms with Gasteiger partial charge in [-0.1, -0.05) is 43.2 Å². The fraction of sp³-hybridized carbons (Fsp3) is 0.500. The molecule has 1 aromatic carbocycles. The highest BCUT2D eigenvalue weighted by Crippen LogP contribution is 2.40. The Bertz CT molecular complexity index is 278. The standard InChI is InChI=1S/C12H17NO/c14-13-10-12(8-4-5-9-12)11-6-2-1-3-7-11/h1-3,6-7,13-14H,4-5,8-10H2. The molecule has 0 bridgehead atoms. The zero-order chi connectivity index (χ0) is 9.86. The van der Waals surface area contributed by atoms with Crippen LogP contribution in [0.1, 0.15) is 31.2 Å². The van der Waals surface area contributed by atoms with Crippen molar-refractivity contribution in [1.29, 1.82) is 0 Å². The first-order valence-corrected chi connectivity index (χ1v) is 5.30. The summed E-state index contributed by atoms with van der Waals surface area (Å²) in [5, 5.41) is 8.90. The van der Waals surface area contributed by atoms with Crippen LogP contribution in [0.25, 0.3) is 0 Å². The van der Waals surface area contributed by atoms with Crippen LogP contribution in [0.2, 0.25) is 0 Å². The van der Waals surface area contributed by atoms with Crippen LogP contribution in [0.5, 0.6) is 0 Å². The fourth-order valence-corrected chi connectivity index (χ4v) is 2.56. The molecular weight excluding hydrogens is 174 g/mol. The van der Waals surface area contributed by atoms with Gasteiger partial charge >= 0.3 is 0 Å². The van der Waals surface area contributed by atoms with Gasteiger partial charge in [-0.2, -0.15) is 0 Å². The second kappa shape index (κ2) is 4.11. The zero-order valence-corrected chi connectivity index (χ0v) is 8.37. The van der Waals surface area contributed by atoms with E-state index in [1.807, 2.05) is 6.07 Å². The highest BCUT2D eigenvalue weighted by Gasteiger charge is 2.34. The lowest BCUT2D eigenvalue weighted by molar-refractivity contribution is 0.138. The zero-order valence-electron chi connectivity index (χ0n) is 8.37. The normalized spacial score (nSPS) is 19.8. The fourth-order valence-electron chi connectivity index (χ4n) is 2.56. The van der Waals surface area contributed by atoms with Gasteiger partial charge in [0.15, 0.2) is 0 Å². The lowest BCUT2D eigenvalue weighted by atomic mass is 9.79. The molecule has 1 fully saturated rings. The van der Waals surface area contributed by atoms with Crippen LogP contribution in [-0.2, 0) is 5.41 Å². The van der Waals surface area contributed by atoms with Crippen LogP contribution in [-0.4, -0.2) is 11.8 Å². The maximum Gasteiger partial charge on any atom is 0.0304 e. The maximum absolute atomic E-state index is 8.90. The Labute approximate surface area is 84.9 Å². The molecule has 2 nitrogen and oxygen atoms in total. The molecule has 0 aliphatic heterocycles. The Hall–Kier alpha value is -0.860. The van der Waals surface area contributed by atoms with Crippen molar-refractivity contribution in [3.63, 3.8) is 0 Å². The summed E-state index contributed by atoms with van der Waals surface area (Å²) in [5.74, 6) is 0. The second-order valence-electron chi connectivity index (χ2n) is 4.19. The molecule has 1 saturated carbocycles. The Kier molecular flexibility index (Phi) is 2.85. The van der Waals surface area contributed by atoms with Crippen LogP contribution in [0, 0.1) is 0 Å². The van der Waals surface area contributed by atoms with Crippen LogP contribution in [0.3, 0.4) is 0 Å². The van der Waals surface area contributed by atoms with E-state index >= 15 is 0 Å².